The first-order chi connectivity index (χ1) is 14.5. The maximum absolute atomic E-state index is 14.1. The second-order valence-electron chi connectivity index (χ2n) is 8.06. The van der Waals surface area contributed by atoms with Crippen molar-refractivity contribution >= 4 is 17.3 Å². The highest BCUT2D eigenvalue weighted by molar-refractivity contribution is 5.92. The Kier molecular flexibility index (Phi) is 5.56. The minimum atomic E-state index is -0.594. The van der Waals surface area contributed by atoms with E-state index in [0.29, 0.717) is 23.2 Å². The maximum atomic E-state index is 14.1. The van der Waals surface area contributed by atoms with Crippen LogP contribution in [-0.4, -0.2) is 28.6 Å². The quantitative estimate of drug-likeness (QED) is 0.524. The number of rotatable bonds is 5. The van der Waals surface area contributed by atoms with Gasteiger partial charge in [-0.25, -0.2) is 13.2 Å². The molecule has 3 N–H and O–H groups in total. The third-order valence-corrected chi connectivity index (χ3v) is 6.03. The van der Waals surface area contributed by atoms with Crippen molar-refractivity contribution < 1.29 is 23.1 Å². The second kappa shape index (κ2) is 8.14. The Hall–Kier alpha value is -2.80. The summed E-state index contributed by atoms with van der Waals surface area (Å²) in [5, 5.41) is 11.7. The van der Waals surface area contributed by atoms with E-state index in [-0.39, 0.29) is 18.0 Å². The molecule has 0 saturated heterocycles. The summed E-state index contributed by atoms with van der Waals surface area (Å²) in [5.41, 5.74) is 2.61. The van der Waals surface area contributed by atoms with Crippen LogP contribution in [0, 0.1) is 17.5 Å². The number of carbonyl (C=O) groups excluding carboxylic acids is 1. The molecule has 2 aliphatic carbocycles. The fourth-order valence-corrected chi connectivity index (χ4v) is 3.83. The summed E-state index contributed by atoms with van der Waals surface area (Å²) in [6.07, 6.45) is 5.63. The zero-order valence-electron chi connectivity index (χ0n) is 16.4. The lowest BCUT2D eigenvalue weighted by molar-refractivity contribution is -0.110. The van der Waals surface area contributed by atoms with Gasteiger partial charge in [-0.15, -0.1) is 0 Å². The largest absolute Gasteiger partial charge is 0.394 e. The highest BCUT2D eigenvalue weighted by Crippen LogP contribution is 2.45. The van der Waals surface area contributed by atoms with Gasteiger partial charge in [0.2, 0.25) is 6.41 Å². The monoisotopic (exact) mass is 416 g/mol. The van der Waals surface area contributed by atoms with E-state index in [2.05, 4.69) is 10.3 Å². The number of benzene rings is 2. The number of hydrogen-bond acceptors (Lipinski definition) is 2. The minimum Gasteiger partial charge on any atom is -0.394 e. The smallest absolute Gasteiger partial charge is 0.207 e. The van der Waals surface area contributed by atoms with Crippen molar-refractivity contribution in [2.45, 2.75) is 43.6 Å². The predicted molar refractivity (Wildman–Crippen MR) is 108 cm³/mol. The summed E-state index contributed by atoms with van der Waals surface area (Å²) in [6.45, 7) is 0.0751. The van der Waals surface area contributed by atoms with Crippen molar-refractivity contribution in [1.29, 1.82) is 0 Å². The van der Waals surface area contributed by atoms with Gasteiger partial charge in [0.15, 0.2) is 0 Å². The number of aromatic amines is 1. The van der Waals surface area contributed by atoms with Crippen LogP contribution in [-0.2, 0) is 4.79 Å². The Morgan fingerprint density at radius 2 is 1.80 bits per heavy atom. The molecule has 158 valence electrons. The molecule has 1 heterocycles. The summed E-state index contributed by atoms with van der Waals surface area (Å²) in [4.78, 5) is 12.9. The van der Waals surface area contributed by atoms with E-state index in [1.54, 1.807) is 12.1 Å². The van der Waals surface area contributed by atoms with Crippen molar-refractivity contribution in [3.05, 3.63) is 59.4 Å². The maximum Gasteiger partial charge on any atom is 0.207 e. The van der Waals surface area contributed by atoms with Crippen molar-refractivity contribution in [3.63, 3.8) is 0 Å². The van der Waals surface area contributed by atoms with Gasteiger partial charge < -0.3 is 15.4 Å². The van der Waals surface area contributed by atoms with E-state index >= 15 is 0 Å². The molecule has 0 aliphatic heterocycles. The van der Waals surface area contributed by atoms with Crippen LogP contribution in [0.1, 0.15) is 43.6 Å². The van der Waals surface area contributed by atoms with E-state index in [9.17, 15) is 18.0 Å². The summed E-state index contributed by atoms with van der Waals surface area (Å²) < 4.78 is 40.8. The van der Waals surface area contributed by atoms with Crippen molar-refractivity contribution in [3.8, 4) is 11.3 Å². The zero-order chi connectivity index (χ0) is 21.3. The van der Waals surface area contributed by atoms with Gasteiger partial charge in [-0.3, -0.25) is 4.79 Å². The number of aromatic nitrogens is 1. The summed E-state index contributed by atoms with van der Waals surface area (Å²) in [7, 11) is 0. The molecule has 30 heavy (non-hydrogen) atoms. The Bertz CT molecular complexity index is 1050. The number of hydrogen-bond donors (Lipinski definition) is 3. The van der Waals surface area contributed by atoms with Crippen LogP contribution >= 0.6 is 0 Å². The molecule has 0 spiro atoms. The molecule has 1 amide bonds. The lowest BCUT2D eigenvalue weighted by atomic mass is 9.78. The Balaban J connectivity index is 0.000000230. The van der Waals surface area contributed by atoms with E-state index in [1.807, 2.05) is 0 Å². The van der Waals surface area contributed by atoms with Gasteiger partial charge in [0.05, 0.1) is 23.4 Å². The first-order valence-electron chi connectivity index (χ1n) is 10.0. The number of halogens is 3. The normalized spacial score (nSPS) is 17.1. The third-order valence-electron chi connectivity index (χ3n) is 6.03. The third kappa shape index (κ3) is 3.94. The number of carbonyl (C=O) groups is 1. The SMILES string of the molecule is Fc1ccc(-c2[nH]c3c(F)cc(F)cc3c2C2CCC2)cc1.O=CNC1(CO)CC1. The molecule has 0 bridgehead atoms. The van der Waals surface area contributed by atoms with Crippen molar-refractivity contribution in [2.75, 3.05) is 6.61 Å². The van der Waals surface area contributed by atoms with E-state index in [4.69, 9.17) is 5.11 Å². The topological polar surface area (TPSA) is 65.1 Å². The minimum absolute atomic E-state index is 0.0751. The number of H-pyrrole nitrogens is 1. The average molecular weight is 416 g/mol. The zero-order valence-corrected chi connectivity index (χ0v) is 16.4. The molecule has 0 atom stereocenters. The van der Waals surface area contributed by atoms with E-state index < -0.39 is 11.6 Å². The average Bonchev–Trinajstić information content (AvgIpc) is 3.37. The summed E-state index contributed by atoms with van der Waals surface area (Å²) in [5.74, 6) is -1.18. The van der Waals surface area contributed by atoms with E-state index in [0.717, 1.165) is 55.0 Å². The molecule has 2 aliphatic rings. The van der Waals surface area contributed by atoms with Gasteiger partial charge in [-0.1, -0.05) is 6.42 Å². The fourth-order valence-electron chi connectivity index (χ4n) is 3.83. The Labute approximate surface area is 172 Å². The molecule has 0 unspecified atom stereocenters. The number of aliphatic hydroxyl groups is 1. The number of aliphatic hydroxyl groups excluding tert-OH is 1. The van der Waals surface area contributed by atoms with Gasteiger partial charge >= 0.3 is 0 Å². The lowest BCUT2D eigenvalue weighted by Gasteiger charge is -2.26. The molecule has 2 saturated carbocycles. The molecular formula is C23H23F3N2O2. The van der Waals surface area contributed by atoms with Gasteiger partial charge in [0.1, 0.15) is 17.5 Å². The summed E-state index contributed by atoms with van der Waals surface area (Å²) in [6, 6.07) is 8.35. The van der Waals surface area contributed by atoms with Crippen LogP contribution in [0.4, 0.5) is 13.2 Å². The molecule has 4 nitrogen and oxygen atoms in total. The summed E-state index contributed by atoms with van der Waals surface area (Å²) >= 11 is 0. The first-order valence-corrected chi connectivity index (χ1v) is 10.0. The highest BCUT2D eigenvalue weighted by Gasteiger charge is 2.41. The number of amides is 1. The molecule has 7 heteroatoms. The van der Waals surface area contributed by atoms with Crippen molar-refractivity contribution in [1.82, 2.24) is 10.3 Å². The van der Waals surface area contributed by atoms with Crippen LogP contribution in [0.25, 0.3) is 22.2 Å². The second-order valence-corrected chi connectivity index (χ2v) is 8.06. The van der Waals surface area contributed by atoms with Crippen LogP contribution in [0.3, 0.4) is 0 Å². The lowest BCUT2D eigenvalue weighted by Crippen LogP contribution is -2.33. The van der Waals surface area contributed by atoms with Crippen LogP contribution in [0.5, 0.6) is 0 Å². The number of fused-ring (bicyclic) bond motifs is 1. The molecular weight excluding hydrogens is 393 g/mol. The first kappa shape index (κ1) is 20.5. The number of nitrogens with one attached hydrogen (secondary N) is 2. The molecule has 0 radical (unpaired) electrons. The molecule has 3 aromatic rings. The van der Waals surface area contributed by atoms with Gasteiger partial charge in [-0.2, -0.15) is 0 Å². The molecule has 2 fully saturated rings. The molecule has 5 rings (SSSR count). The Morgan fingerprint density at radius 1 is 1.10 bits per heavy atom. The van der Waals surface area contributed by atoms with Crippen molar-refractivity contribution in [2.24, 2.45) is 0 Å². The van der Waals surface area contributed by atoms with E-state index in [1.165, 1.54) is 18.2 Å². The van der Waals surface area contributed by atoms with Crippen LogP contribution < -0.4 is 5.32 Å². The standard InChI is InChI=1S/C18H14F3N.C5H9NO2/c19-12-6-4-11(5-7-12)17-16(10-2-1-3-10)14-8-13(20)9-15(21)18(14)22-17;7-3-5(1-2-5)6-4-8/h4-10,22H,1-3H2;4,7H,1-3H2,(H,6,8). The molecule has 2 aromatic carbocycles. The van der Waals surface area contributed by atoms with Gasteiger partial charge in [-0.05, 0) is 73.1 Å². The predicted octanol–water partition coefficient (Wildman–Crippen LogP) is 4.78. The highest BCUT2D eigenvalue weighted by atomic mass is 19.1. The fraction of sp³-hybridized carbons (Fsp3) is 0.348. The Morgan fingerprint density at radius 3 is 2.30 bits per heavy atom. The molecule has 1 aromatic heterocycles. The van der Waals surface area contributed by atoms with Gasteiger partial charge in [0.25, 0.3) is 0 Å². The van der Waals surface area contributed by atoms with Crippen LogP contribution in [0.2, 0.25) is 0 Å². The van der Waals surface area contributed by atoms with Gasteiger partial charge in [0, 0.05) is 11.5 Å². The van der Waals surface area contributed by atoms with Crippen LogP contribution in [0.15, 0.2) is 36.4 Å².